The standard InChI is InChI=1S/C14H17Br2N3S/c1-14(2,3)10-7-20-13(19-10)12(17-4)11-9(16)5-8(15)6-18-11/h5-7,12,17H,1-4H3. The molecule has 0 aliphatic heterocycles. The van der Waals surface area contributed by atoms with Gasteiger partial charge < -0.3 is 5.32 Å². The first-order valence-electron chi connectivity index (χ1n) is 6.27. The molecule has 0 aliphatic carbocycles. The molecular formula is C14H17Br2N3S. The zero-order valence-electron chi connectivity index (χ0n) is 11.9. The van der Waals surface area contributed by atoms with Crippen molar-refractivity contribution >= 4 is 43.2 Å². The Kier molecular flexibility index (Phi) is 5.00. The van der Waals surface area contributed by atoms with Crippen LogP contribution < -0.4 is 5.32 Å². The van der Waals surface area contributed by atoms with Crippen LogP contribution in [0.25, 0.3) is 0 Å². The van der Waals surface area contributed by atoms with E-state index < -0.39 is 0 Å². The Balaban J connectivity index is 2.40. The first-order valence-corrected chi connectivity index (χ1v) is 8.73. The highest BCUT2D eigenvalue weighted by molar-refractivity contribution is 9.11. The second-order valence-corrected chi connectivity index (χ2v) is 8.22. The van der Waals surface area contributed by atoms with Gasteiger partial charge in [0.1, 0.15) is 11.0 Å². The average Bonchev–Trinajstić information content (AvgIpc) is 2.82. The van der Waals surface area contributed by atoms with Crippen molar-refractivity contribution < 1.29 is 0 Å². The fourth-order valence-corrected chi connectivity index (χ4v) is 4.15. The summed E-state index contributed by atoms with van der Waals surface area (Å²) in [6.45, 7) is 6.52. The Hall–Kier alpha value is -0.300. The monoisotopic (exact) mass is 417 g/mol. The Bertz CT molecular complexity index is 605. The van der Waals surface area contributed by atoms with Gasteiger partial charge in [-0.05, 0) is 45.0 Å². The SMILES string of the molecule is CNC(c1nc(C(C)(C)C)cs1)c1ncc(Br)cc1Br. The van der Waals surface area contributed by atoms with E-state index in [1.165, 1.54) is 0 Å². The second-order valence-electron chi connectivity index (χ2n) is 5.56. The Morgan fingerprint density at radius 2 is 2.00 bits per heavy atom. The summed E-state index contributed by atoms with van der Waals surface area (Å²) in [7, 11) is 1.93. The van der Waals surface area contributed by atoms with E-state index in [0.29, 0.717) is 0 Å². The van der Waals surface area contributed by atoms with Gasteiger partial charge in [0.15, 0.2) is 0 Å². The summed E-state index contributed by atoms with van der Waals surface area (Å²) in [6, 6.07) is 2.00. The van der Waals surface area contributed by atoms with Crippen LogP contribution >= 0.6 is 43.2 Å². The zero-order chi connectivity index (χ0) is 14.9. The topological polar surface area (TPSA) is 37.8 Å². The Morgan fingerprint density at radius 3 is 2.50 bits per heavy atom. The molecule has 2 rings (SSSR count). The van der Waals surface area contributed by atoms with Gasteiger partial charge in [0.25, 0.3) is 0 Å². The minimum absolute atomic E-state index is 0.00132. The molecule has 0 aromatic carbocycles. The molecule has 1 N–H and O–H groups in total. The number of hydrogen-bond acceptors (Lipinski definition) is 4. The normalized spacial score (nSPS) is 13.5. The minimum Gasteiger partial charge on any atom is -0.306 e. The van der Waals surface area contributed by atoms with E-state index in [2.05, 4.69) is 68.3 Å². The molecule has 0 fully saturated rings. The smallest absolute Gasteiger partial charge is 0.116 e. The molecule has 20 heavy (non-hydrogen) atoms. The maximum absolute atomic E-state index is 4.78. The number of pyridine rings is 1. The predicted molar refractivity (Wildman–Crippen MR) is 91.4 cm³/mol. The molecule has 0 saturated heterocycles. The maximum atomic E-state index is 4.78. The second kappa shape index (κ2) is 6.22. The highest BCUT2D eigenvalue weighted by atomic mass is 79.9. The lowest BCUT2D eigenvalue weighted by molar-refractivity contribution is 0.565. The van der Waals surface area contributed by atoms with Crippen LogP contribution in [0.1, 0.15) is 43.2 Å². The maximum Gasteiger partial charge on any atom is 0.116 e. The lowest BCUT2D eigenvalue weighted by Crippen LogP contribution is -2.20. The van der Waals surface area contributed by atoms with Crippen molar-refractivity contribution in [3.63, 3.8) is 0 Å². The fraction of sp³-hybridized carbons (Fsp3) is 0.429. The van der Waals surface area contributed by atoms with Gasteiger partial charge in [-0.3, -0.25) is 4.98 Å². The molecule has 0 saturated carbocycles. The summed E-state index contributed by atoms with van der Waals surface area (Å²) in [5, 5.41) is 6.47. The summed E-state index contributed by atoms with van der Waals surface area (Å²) in [6.07, 6.45) is 1.81. The summed E-state index contributed by atoms with van der Waals surface area (Å²) in [4.78, 5) is 9.28. The molecule has 6 heteroatoms. The van der Waals surface area contributed by atoms with Gasteiger partial charge in [-0.25, -0.2) is 4.98 Å². The van der Waals surface area contributed by atoms with Gasteiger partial charge in [0.05, 0.1) is 11.4 Å². The number of thiazole rings is 1. The van der Waals surface area contributed by atoms with Crippen LogP contribution in [0, 0.1) is 0 Å². The van der Waals surface area contributed by atoms with Crippen LogP contribution in [0.4, 0.5) is 0 Å². The summed E-state index contributed by atoms with van der Waals surface area (Å²) >= 11 is 8.67. The van der Waals surface area contributed by atoms with Crippen molar-refractivity contribution in [3.05, 3.63) is 43.0 Å². The van der Waals surface area contributed by atoms with Crippen molar-refractivity contribution in [2.45, 2.75) is 32.2 Å². The third kappa shape index (κ3) is 3.47. The van der Waals surface area contributed by atoms with Gasteiger partial charge in [0, 0.05) is 25.9 Å². The van der Waals surface area contributed by atoms with E-state index in [0.717, 1.165) is 25.3 Å². The molecule has 0 aliphatic rings. The summed E-state index contributed by atoms with van der Waals surface area (Å²) < 4.78 is 1.93. The minimum atomic E-state index is -0.00132. The quantitative estimate of drug-likeness (QED) is 0.786. The molecule has 3 nitrogen and oxygen atoms in total. The number of nitrogens with one attached hydrogen (secondary N) is 1. The number of rotatable bonds is 3. The molecule has 0 amide bonds. The van der Waals surface area contributed by atoms with Crippen molar-refractivity contribution in [2.75, 3.05) is 7.05 Å². The third-order valence-electron chi connectivity index (χ3n) is 2.94. The van der Waals surface area contributed by atoms with E-state index in [1.807, 2.05) is 19.3 Å². The molecule has 0 radical (unpaired) electrons. The van der Waals surface area contributed by atoms with Crippen molar-refractivity contribution in [1.82, 2.24) is 15.3 Å². The van der Waals surface area contributed by atoms with Crippen molar-refractivity contribution in [3.8, 4) is 0 Å². The molecule has 2 aromatic heterocycles. The van der Waals surface area contributed by atoms with Gasteiger partial charge in [0.2, 0.25) is 0 Å². The third-order valence-corrected chi connectivity index (χ3v) is 4.91. The van der Waals surface area contributed by atoms with Gasteiger partial charge in [-0.15, -0.1) is 11.3 Å². The molecular weight excluding hydrogens is 402 g/mol. The van der Waals surface area contributed by atoms with E-state index in [-0.39, 0.29) is 11.5 Å². The van der Waals surface area contributed by atoms with Gasteiger partial charge in [-0.2, -0.15) is 0 Å². The zero-order valence-corrected chi connectivity index (χ0v) is 15.9. The summed E-state index contributed by atoms with van der Waals surface area (Å²) in [5.41, 5.74) is 2.13. The molecule has 0 spiro atoms. The molecule has 2 aromatic rings. The van der Waals surface area contributed by atoms with Crippen LogP contribution in [-0.4, -0.2) is 17.0 Å². The van der Waals surface area contributed by atoms with E-state index in [1.54, 1.807) is 11.3 Å². The van der Waals surface area contributed by atoms with Crippen LogP contribution in [0.2, 0.25) is 0 Å². The molecule has 0 bridgehead atoms. The Morgan fingerprint density at radius 1 is 1.30 bits per heavy atom. The predicted octanol–water partition coefficient (Wildman–Crippen LogP) is 4.67. The van der Waals surface area contributed by atoms with Gasteiger partial charge in [-0.1, -0.05) is 20.8 Å². The molecule has 1 unspecified atom stereocenters. The van der Waals surface area contributed by atoms with Crippen molar-refractivity contribution in [1.29, 1.82) is 0 Å². The average molecular weight is 419 g/mol. The van der Waals surface area contributed by atoms with Gasteiger partial charge >= 0.3 is 0 Å². The number of nitrogens with zero attached hydrogens (tertiary/aromatic N) is 2. The lowest BCUT2D eigenvalue weighted by atomic mass is 9.93. The lowest BCUT2D eigenvalue weighted by Gasteiger charge is -2.16. The highest BCUT2D eigenvalue weighted by Crippen LogP contribution is 2.32. The van der Waals surface area contributed by atoms with Crippen LogP contribution in [0.15, 0.2) is 26.6 Å². The number of halogens is 2. The molecule has 1 atom stereocenters. The largest absolute Gasteiger partial charge is 0.306 e. The highest BCUT2D eigenvalue weighted by Gasteiger charge is 2.23. The fourth-order valence-electron chi connectivity index (χ4n) is 1.78. The summed E-state index contributed by atoms with van der Waals surface area (Å²) in [5.74, 6) is 0. The number of hydrogen-bond donors (Lipinski definition) is 1. The van der Waals surface area contributed by atoms with E-state index >= 15 is 0 Å². The van der Waals surface area contributed by atoms with Crippen LogP contribution in [-0.2, 0) is 5.41 Å². The van der Waals surface area contributed by atoms with Crippen LogP contribution in [0.5, 0.6) is 0 Å². The van der Waals surface area contributed by atoms with E-state index in [4.69, 9.17) is 4.98 Å². The molecule has 2 heterocycles. The first-order chi connectivity index (χ1) is 9.32. The van der Waals surface area contributed by atoms with E-state index in [9.17, 15) is 0 Å². The Labute approximate surface area is 140 Å². The van der Waals surface area contributed by atoms with Crippen molar-refractivity contribution in [2.24, 2.45) is 0 Å². The number of aromatic nitrogens is 2. The molecule has 108 valence electrons. The first kappa shape index (κ1) is 16.1. The van der Waals surface area contributed by atoms with Crippen LogP contribution in [0.3, 0.4) is 0 Å².